The molecule has 114 valence electrons. The van der Waals surface area contributed by atoms with E-state index in [1.54, 1.807) is 23.9 Å². The van der Waals surface area contributed by atoms with Gasteiger partial charge in [0.05, 0.1) is 11.3 Å². The normalized spacial score (nSPS) is 21.6. The maximum Gasteiger partial charge on any atom is 0.158 e. The minimum Gasteiger partial charge on any atom is -0.299 e. The van der Waals surface area contributed by atoms with Gasteiger partial charge in [-0.1, -0.05) is 0 Å². The molecule has 2 heterocycles. The van der Waals surface area contributed by atoms with E-state index in [9.17, 15) is 4.79 Å². The summed E-state index contributed by atoms with van der Waals surface area (Å²) in [7, 11) is 0. The maximum atomic E-state index is 11.6. The fraction of sp³-hybridized carbons (Fsp3) is 0.500. The number of rotatable bonds is 3. The number of ketones is 1. The molecule has 0 aromatic carbocycles. The van der Waals surface area contributed by atoms with Crippen LogP contribution in [-0.4, -0.2) is 22.0 Å². The standard InChI is InChI=1S/C16H18N4OS/c21-12-6-3-4-10(12)8-19-20-15-14-11-5-1-2-7-13(11)22-16(14)18-9-17-15/h8-10H,1-7H2,(H,17,18,20)/b19-8-. The monoisotopic (exact) mass is 314 g/mol. The summed E-state index contributed by atoms with van der Waals surface area (Å²) >= 11 is 1.78. The zero-order chi connectivity index (χ0) is 14.9. The topological polar surface area (TPSA) is 67.2 Å². The number of hydrogen-bond acceptors (Lipinski definition) is 6. The lowest BCUT2D eigenvalue weighted by Crippen LogP contribution is -2.08. The smallest absolute Gasteiger partial charge is 0.158 e. The SMILES string of the molecule is O=C1CCCC1/C=N\Nc1ncnc2sc3c(c12)CCCC3. The van der Waals surface area contributed by atoms with Crippen molar-refractivity contribution in [2.45, 2.75) is 44.9 Å². The Bertz CT molecular complexity index is 752. The first-order valence-corrected chi connectivity index (χ1v) is 8.72. The van der Waals surface area contributed by atoms with E-state index in [0.29, 0.717) is 12.2 Å². The number of hydrazone groups is 1. The van der Waals surface area contributed by atoms with Gasteiger partial charge in [-0.3, -0.25) is 10.2 Å². The number of aryl methyl sites for hydroxylation is 2. The van der Waals surface area contributed by atoms with Crippen LogP contribution in [0.1, 0.15) is 42.5 Å². The average molecular weight is 314 g/mol. The zero-order valence-electron chi connectivity index (χ0n) is 12.3. The summed E-state index contributed by atoms with van der Waals surface area (Å²) in [6.45, 7) is 0. The largest absolute Gasteiger partial charge is 0.299 e. The maximum absolute atomic E-state index is 11.6. The minimum atomic E-state index is -0.0267. The molecule has 2 aliphatic rings. The number of aromatic nitrogens is 2. The Morgan fingerprint density at radius 2 is 2.14 bits per heavy atom. The minimum absolute atomic E-state index is 0.0267. The highest BCUT2D eigenvalue weighted by Gasteiger charge is 2.23. The number of carbonyl (C=O) groups is 1. The molecule has 0 aliphatic heterocycles. The first-order chi connectivity index (χ1) is 10.8. The third-order valence-electron chi connectivity index (χ3n) is 4.53. The van der Waals surface area contributed by atoms with Gasteiger partial charge >= 0.3 is 0 Å². The lowest BCUT2D eigenvalue weighted by Gasteiger charge is -2.11. The molecule has 2 aromatic rings. The van der Waals surface area contributed by atoms with Crippen molar-refractivity contribution in [1.82, 2.24) is 9.97 Å². The van der Waals surface area contributed by atoms with Gasteiger partial charge in [0.25, 0.3) is 0 Å². The molecule has 2 aliphatic carbocycles. The van der Waals surface area contributed by atoms with Crippen LogP contribution in [0.4, 0.5) is 5.82 Å². The molecule has 4 rings (SSSR count). The number of Topliss-reactive ketones (excluding diaryl/α,β-unsaturated/α-hetero) is 1. The molecule has 0 radical (unpaired) electrons. The van der Waals surface area contributed by atoms with Crippen LogP contribution in [0.25, 0.3) is 10.2 Å². The number of fused-ring (bicyclic) bond motifs is 3. The Kier molecular flexibility index (Phi) is 3.62. The third kappa shape index (κ3) is 2.41. The van der Waals surface area contributed by atoms with Crippen LogP contribution in [0.3, 0.4) is 0 Å². The van der Waals surface area contributed by atoms with Crippen LogP contribution in [0.15, 0.2) is 11.4 Å². The van der Waals surface area contributed by atoms with Crippen molar-refractivity contribution in [2.75, 3.05) is 5.43 Å². The summed E-state index contributed by atoms with van der Waals surface area (Å²) in [6.07, 6.45) is 10.6. The van der Waals surface area contributed by atoms with Crippen LogP contribution in [0, 0.1) is 5.92 Å². The summed E-state index contributed by atoms with van der Waals surface area (Å²) in [5.74, 6) is 1.04. The number of carbonyl (C=O) groups excluding carboxylic acids is 1. The Morgan fingerprint density at radius 3 is 3.00 bits per heavy atom. The van der Waals surface area contributed by atoms with Crippen molar-refractivity contribution >= 4 is 39.4 Å². The second kappa shape index (κ2) is 5.76. The molecule has 0 saturated heterocycles. The summed E-state index contributed by atoms with van der Waals surface area (Å²) in [6, 6.07) is 0. The summed E-state index contributed by atoms with van der Waals surface area (Å²) in [5, 5.41) is 5.39. The van der Waals surface area contributed by atoms with Gasteiger partial charge in [-0.25, -0.2) is 9.97 Å². The fourth-order valence-electron chi connectivity index (χ4n) is 3.36. The van der Waals surface area contributed by atoms with E-state index in [-0.39, 0.29) is 5.92 Å². The summed E-state index contributed by atoms with van der Waals surface area (Å²) < 4.78 is 0. The van der Waals surface area contributed by atoms with Gasteiger partial charge < -0.3 is 0 Å². The number of hydrogen-bond donors (Lipinski definition) is 1. The van der Waals surface area contributed by atoms with Crippen molar-refractivity contribution < 1.29 is 4.79 Å². The second-order valence-electron chi connectivity index (χ2n) is 5.97. The van der Waals surface area contributed by atoms with Gasteiger partial charge in [0.1, 0.15) is 16.9 Å². The van der Waals surface area contributed by atoms with Crippen molar-refractivity contribution in [2.24, 2.45) is 11.0 Å². The van der Waals surface area contributed by atoms with Crippen molar-refractivity contribution in [3.05, 3.63) is 16.8 Å². The van der Waals surface area contributed by atoms with Gasteiger partial charge in [-0.05, 0) is 44.1 Å². The fourth-order valence-corrected chi connectivity index (χ4v) is 4.59. The Morgan fingerprint density at radius 1 is 1.23 bits per heavy atom. The molecule has 6 heteroatoms. The predicted molar refractivity (Wildman–Crippen MR) is 88.5 cm³/mol. The predicted octanol–water partition coefficient (Wildman–Crippen LogP) is 3.34. The van der Waals surface area contributed by atoms with Crippen molar-refractivity contribution in [1.29, 1.82) is 0 Å². The molecule has 0 bridgehead atoms. The van der Waals surface area contributed by atoms with Crippen molar-refractivity contribution in [3.63, 3.8) is 0 Å². The van der Waals surface area contributed by atoms with E-state index in [4.69, 9.17) is 0 Å². The van der Waals surface area contributed by atoms with Gasteiger partial charge in [-0.15, -0.1) is 11.3 Å². The van der Waals surface area contributed by atoms with E-state index in [1.807, 2.05) is 0 Å². The van der Waals surface area contributed by atoms with E-state index in [2.05, 4.69) is 20.5 Å². The molecule has 1 unspecified atom stereocenters. The van der Waals surface area contributed by atoms with Crippen LogP contribution in [-0.2, 0) is 17.6 Å². The molecular weight excluding hydrogens is 296 g/mol. The van der Waals surface area contributed by atoms with E-state index < -0.39 is 0 Å². The molecule has 22 heavy (non-hydrogen) atoms. The lowest BCUT2D eigenvalue weighted by atomic mass is 9.97. The summed E-state index contributed by atoms with van der Waals surface area (Å²) in [4.78, 5) is 22.9. The number of nitrogens with one attached hydrogen (secondary N) is 1. The lowest BCUT2D eigenvalue weighted by molar-refractivity contribution is -0.118. The quantitative estimate of drug-likeness (QED) is 0.697. The van der Waals surface area contributed by atoms with Crippen LogP contribution in [0.2, 0.25) is 0 Å². The second-order valence-corrected chi connectivity index (χ2v) is 7.05. The van der Waals surface area contributed by atoms with Gasteiger partial charge in [0.15, 0.2) is 5.82 Å². The van der Waals surface area contributed by atoms with Gasteiger partial charge in [0.2, 0.25) is 0 Å². The number of anilines is 1. The molecule has 2 aromatic heterocycles. The van der Waals surface area contributed by atoms with E-state index in [0.717, 1.165) is 41.7 Å². The highest BCUT2D eigenvalue weighted by molar-refractivity contribution is 7.19. The molecular formula is C16H18N4OS. The van der Waals surface area contributed by atoms with Crippen LogP contribution < -0.4 is 5.43 Å². The molecule has 1 fully saturated rings. The molecule has 0 spiro atoms. The highest BCUT2D eigenvalue weighted by atomic mass is 32.1. The highest BCUT2D eigenvalue weighted by Crippen LogP contribution is 2.38. The Labute approximate surface area is 132 Å². The summed E-state index contributed by atoms with van der Waals surface area (Å²) in [5.41, 5.74) is 4.43. The zero-order valence-corrected chi connectivity index (χ0v) is 13.2. The van der Waals surface area contributed by atoms with Crippen molar-refractivity contribution in [3.8, 4) is 0 Å². The molecule has 0 amide bonds. The van der Waals surface area contributed by atoms with Crippen LogP contribution in [0.5, 0.6) is 0 Å². The molecule has 1 atom stereocenters. The van der Waals surface area contributed by atoms with Gasteiger partial charge in [-0.2, -0.15) is 5.10 Å². The van der Waals surface area contributed by atoms with E-state index in [1.165, 1.54) is 23.3 Å². The molecule has 5 nitrogen and oxygen atoms in total. The van der Waals surface area contributed by atoms with Gasteiger partial charge in [0, 0.05) is 17.5 Å². The average Bonchev–Trinajstić information content (AvgIpc) is 3.11. The van der Waals surface area contributed by atoms with E-state index >= 15 is 0 Å². The third-order valence-corrected chi connectivity index (χ3v) is 5.73. The van der Waals surface area contributed by atoms with Crippen LogP contribution >= 0.6 is 11.3 Å². The number of thiophene rings is 1. The first kappa shape index (κ1) is 13.8. The number of nitrogens with zero attached hydrogens (tertiary/aromatic N) is 3. The molecule has 1 N–H and O–H groups in total. The molecule has 1 saturated carbocycles. The first-order valence-electron chi connectivity index (χ1n) is 7.90. The Balaban J connectivity index is 1.62. The Hall–Kier alpha value is -1.82.